The number of carboxylic acids is 1. The zero-order valence-corrected chi connectivity index (χ0v) is 14.5. The van der Waals surface area contributed by atoms with Gasteiger partial charge in [0.15, 0.2) is 0 Å². The molecule has 0 aliphatic carbocycles. The number of aliphatic carboxylic acids is 1. The summed E-state index contributed by atoms with van der Waals surface area (Å²) in [5, 5.41) is 29.6. The van der Waals surface area contributed by atoms with Crippen LogP contribution in [0.15, 0.2) is 60.7 Å². The molecule has 2 aromatic carbocycles. The number of rotatable bonds is 6. The number of ether oxygens (including phenoxy) is 1. The minimum Gasteiger partial charge on any atom is -0.508 e. The first-order valence-electron chi connectivity index (χ1n) is 8.07. The molecule has 0 unspecified atom stereocenters. The molecule has 138 valence electrons. The first-order valence-corrected chi connectivity index (χ1v) is 8.07. The van der Waals surface area contributed by atoms with Crippen LogP contribution in [-0.2, 0) is 9.53 Å². The smallest absolute Gasteiger partial charge is 0.412 e. The molecule has 1 amide bonds. The van der Waals surface area contributed by atoms with E-state index in [1.807, 2.05) is 6.07 Å². The van der Waals surface area contributed by atoms with Gasteiger partial charge in [-0.3, -0.25) is 5.32 Å². The predicted molar refractivity (Wildman–Crippen MR) is 98.0 cm³/mol. The molecule has 2 atom stereocenters. The molecule has 0 aromatic heterocycles. The molecule has 0 saturated carbocycles. The van der Waals surface area contributed by atoms with Crippen LogP contribution in [0.2, 0.25) is 0 Å². The number of phenols is 1. The van der Waals surface area contributed by atoms with E-state index in [1.54, 1.807) is 43.3 Å². The quantitative estimate of drug-likeness (QED) is 0.668. The summed E-state index contributed by atoms with van der Waals surface area (Å²) in [6.07, 6.45) is 0.919. The van der Waals surface area contributed by atoms with Crippen LogP contribution in [0.3, 0.4) is 0 Å². The van der Waals surface area contributed by atoms with Crippen LogP contribution in [0.1, 0.15) is 24.2 Å². The molecule has 0 aliphatic heterocycles. The zero-order chi connectivity index (χ0) is 19.8. The summed E-state index contributed by atoms with van der Waals surface area (Å²) in [5.74, 6) is -1.47. The van der Waals surface area contributed by atoms with Gasteiger partial charge in [-0.2, -0.15) is 5.26 Å². The lowest BCUT2D eigenvalue weighted by atomic mass is 9.96. The molecule has 7 heteroatoms. The molecule has 27 heavy (non-hydrogen) atoms. The number of nitrogens with one attached hydrogen (secondary N) is 1. The lowest BCUT2D eigenvalue weighted by molar-refractivity contribution is -0.131. The van der Waals surface area contributed by atoms with E-state index in [9.17, 15) is 14.7 Å². The Balaban J connectivity index is 2.16. The van der Waals surface area contributed by atoms with E-state index >= 15 is 0 Å². The molecule has 2 rings (SSSR count). The fourth-order valence-electron chi connectivity index (χ4n) is 2.37. The highest BCUT2D eigenvalue weighted by Gasteiger charge is 2.22. The van der Waals surface area contributed by atoms with Crippen LogP contribution in [-0.4, -0.2) is 22.3 Å². The van der Waals surface area contributed by atoms with Crippen LogP contribution in [0.4, 0.5) is 10.5 Å². The molecule has 3 N–H and O–H groups in total. The molecular weight excluding hydrogens is 348 g/mol. The molecule has 0 bridgehead atoms. The van der Waals surface area contributed by atoms with Crippen LogP contribution in [0.5, 0.6) is 5.75 Å². The molecule has 0 saturated heterocycles. The maximum Gasteiger partial charge on any atom is 0.412 e. The molecule has 7 nitrogen and oxygen atoms in total. The number of hydrogen-bond acceptors (Lipinski definition) is 5. The van der Waals surface area contributed by atoms with Crippen molar-refractivity contribution in [2.24, 2.45) is 5.92 Å². The van der Waals surface area contributed by atoms with E-state index in [0.29, 0.717) is 16.8 Å². The van der Waals surface area contributed by atoms with Crippen molar-refractivity contribution < 1.29 is 24.5 Å². The molecular formula is C20H18N2O5. The van der Waals surface area contributed by atoms with E-state index < -0.39 is 24.1 Å². The van der Waals surface area contributed by atoms with Gasteiger partial charge in [-0.1, -0.05) is 25.1 Å². The second kappa shape index (κ2) is 9.06. The number of anilines is 1. The summed E-state index contributed by atoms with van der Waals surface area (Å²) >= 11 is 0. The topological polar surface area (TPSA) is 120 Å². The SMILES string of the molecule is C[C@@H](/C=C/C(=O)O)[C@@H](OC(=O)Nc1ccc(C#N)cc1)c1ccc(O)cc1. The van der Waals surface area contributed by atoms with Crippen molar-refractivity contribution in [2.45, 2.75) is 13.0 Å². The Hall–Kier alpha value is -3.79. The summed E-state index contributed by atoms with van der Waals surface area (Å²) in [5.41, 5.74) is 1.52. The van der Waals surface area contributed by atoms with Gasteiger partial charge in [0.25, 0.3) is 0 Å². The number of nitriles is 1. The van der Waals surface area contributed by atoms with Gasteiger partial charge in [0.2, 0.25) is 0 Å². The van der Waals surface area contributed by atoms with E-state index in [-0.39, 0.29) is 5.75 Å². The molecule has 0 fully saturated rings. The summed E-state index contributed by atoms with van der Waals surface area (Å²) in [7, 11) is 0. The highest BCUT2D eigenvalue weighted by molar-refractivity contribution is 5.85. The number of hydrogen-bond donors (Lipinski definition) is 3. The third kappa shape index (κ3) is 5.90. The van der Waals surface area contributed by atoms with Crippen molar-refractivity contribution >= 4 is 17.7 Å². The van der Waals surface area contributed by atoms with Crippen molar-refractivity contribution in [1.82, 2.24) is 0 Å². The summed E-state index contributed by atoms with van der Waals surface area (Å²) < 4.78 is 5.49. The summed E-state index contributed by atoms with van der Waals surface area (Å²) in [6, 6.07) is 14.4. The lowest BCUT2D eigenvalue weighted by Gasteiger charge is -2.22. The number of phenolic OH excluding ortho intramolecular Hbond substituents is 1. The standard InChI is InChI=1S/C20H18N2O5/c1-13(2-11-18(24)25)19(15-5-9-17(23)10-6-15)27-20(26)22-16-7-3-14(12-21)4-8-16/h2-11,13,19,23H,1H3,(H,22,26)(H,24,25)/b11-2+/t13-,19+/m0/s1. The summed E-state index contributed by atoms with van der Waals surface area (Å²) in [6.45, 7) is 1.71. The van der Waals surface area contributed by atoms with Crippen molar-refractivity contribution in [2.75, 3.05) is 5.32 Å². The van der Waals surface area contributed by atoms with Crippen molar-refractivity contribution in [3.8, 4) is 11.8 Å². The van der Waals surface area contributed by atoms with Crippen LogP contribution >= 0.6 is 0 Å². The average Bonchev–Trinajstić information content (AvgIpc) is 2.65. The van der Waals surface area contributed by atoms with E-state index in [4.69, 9.17) is 15.1 Å². The van der Waals surface area contributed by atoms with E-state index in [1.165, 1.54) is 18.2 Å². The Kier molecular flexibility index (Phi) is 6.55. The predicted octanol–water partition coefficient (Wildman–Crippen LogP) is 3.83. The lowest BCUT2D eigenvalue weighted by Crippen LogP contribution is -2.21. The van der Waals surface area contributed by atoms with Crippen molar-refractivity contribution in [3.63, 3.8) is 0 Å². The fraction of sp³-hybridized carbons (Fsp3) is 0.150. The number of nitrogens with zero attached hydrogens (tertiary/aromatic N) is 1. The van der Waals surface area contributed by atoms with E-state index in [2.05, 4.69) is 5.32 Å². The minimum atomic E-state index is -1.10. The van der Waals surface area contributed by atoms with Crippen molar-refractivity contribution in [1.29, 1.82) is 5.26 Å². The zero-order valence-electron chi connectivity index (χ0n) is 14.5. The Labute approximate surface area is 156 Å². The van der Waals surface area contributed by atoms with Gasteiger partial charge in [0, 0.05) is 17.7 Å². The largest absolute Gasteiger partial charge is 0.508 e. The maximum atomic E-state index is 12.3. The number of carbonyl (C=O) groups is 2. The van der Waals surface area contributed by atoms with Gasteiger partial charge >= 0.3 is 12.1 Å². The second-order valence-electron chi connectivity index (χ2n) is 5.79. The first-order chi connectivity index (χ1) is 12.9. The molecule has 0 heterocycles. The minimum absolute atomic E-state index is 0.0632. The number of carbonyl (C=O) groups excluding carboxylic acids is 1. The average molecular weight is 366 g/mol. The van der Waals surface area contributed by atoms with Crippen LogP contribution in [0, 0.1) is 17.2 Å². The van der Waals surface area contributed by atoms with Gasteiger partial charge in [0.05, 0.1) is 11.6 Å². The Morgan fingerprint density at radius 3 is 2.33 bits per heavy atom. The van der Waals surface area contributed by atoms with Gasteiger partial charge in [0.1, 0.15) is 11.9 Å². The van der Waals surface area contributed by atoms with E-state index in [0.717, 1.165) is 6.08 Å². The Morgan fingerprint density at radius 1 is 1.15 bits per heavy atom. The van der Waals surface area contributed by atoms with Gasteiger partial charge in [-0.15, -0.1) is 0 Å². The van der Waals surface area contributed by atoms with Crippen LogP contribution < -0.4 is 5.32 Å². The number of carboxylic acid groups (broad SMARTS) is 1. The van der Waals surface area contributed by atoms with Gasteiger partial charge in [-0.05, 0) is 42.0 Å². The third-order valence-electron chi connectivity index (χ3n) is 3.74. The van der Waals surface area contributed by atoms with Gasteiger partial charge < -0.3 is 14.9 Å². The normalized spacial score (nSPS) is 12.7. The van der Waals surface area contributed by atoms with Crippen LogP contribution in [0.25, 0.3) is 0 Å². The number of aromatic hydroxyl groups is 1. The third-order valence-corrected chi connectivity index (χ3v) is 3.74. The monoisotopic (exact) mass is 366 g/mol. The highest BCUT2D eigenvalue weighted by atomic mass is 16.6. The first kappa shape index (κ1) is 19.5. The van der Waals surface area contributed by atoms with Crippen molar-refractivity contribution in [3.05, 3.63) is 71.8 Å². The number of amides is 1. The molecule has 0 aliphatic rings. The Morgan fingerprint density at radius 2 is 1.78 bits per heavy atom. The molecule has 0 spiro atoms. The highest BCUT2D eigenvalue weighted by Crippen LogP contribution is 2.29. The maximum absolute atomic E-state index is 12.3. The second-order valence-corrected chi connectivity index (χ2v) is 5.79. The Bertz CT molecular complexity index is 867. The van der Waals surface area contributed by atoms with Gasteiger partial charge in [-0.25, -0.2) is 9.59 Å². The number of benzene rings is 2. The fourth-order valence-corrected chi connectivity index (χ4v) is 2.37. The molecule has 0 radical (unpaired) electrons. The summed E-state index contributed by atoms with van der Waals surface area (Å²) in [4.78, 5) is 23.0. The molecule has 2 aromatic rings.